The number of imide groups is 1. The summed E-state index contributed by atoms with van der Waals surface area (Å²) in [5.74, 6) is -5.65. The van der Waals surface area contributed by atoms with Crippen molar-refractivity contribution in [1.29, 1.82) is 0 Å². The molecule has 9 nitrogen and oxygen atoms in total. The number of rotatable bonds is 12. The second-order valence-electron chi connectivity index (χ2n) is 8.63. The molecule has 2 fully saturated rings. The van der Waals surface area contributed by atoms with Crippen molar-refractivity contribution in [1.82, 2.24) is 5.32 Å². The van der Waals surface area contributed by atoms with Crippen molar-refractivity contribution in [3.05, 3.63) is 12.2 Å². The number of aliphatic hydroxyl groups is 5. The summed E-state index contributed by atoms with van der Waals surface area (Å²) in [5.41, 5.74) is -2.68. The maximum Gasteiger partial charge on any atom is 0.233 e. The van der Waals surface area contributed by atoms with Gasteiger partial charge >= 0.3 is 0 Å². The Bertz CT molecular complexity index is 641. The van der Waals surface area contributed by atoms with Crippen LogP contribution in [0.4, 0.5) is 0 Å². The molecule has 178 valence electrons. The SMILES string of the molecule is CCCCCCCCCC/C=C/[C@]1(O)O[C@H](CO)[C@@H](O)[C@H](O)[C@]1(O)C1CC(=O)NC1=O. The average molecular weight is 444 g/mol. The normalized spacial score (nSPS) is 36.3. The Labute approximate surface area is 183 Å². The second-order valence-corrected chi connectivity index (χ2v) is 8.63. The van der Waals surface area contributed by atoms with Gasteiger partial charge in [-0.05, 0) is 18.9 Å². The first-order valence-electron chi connectivity index (χ1n) is 11.3. The van der Waals surface area contributed by atoms with Crippen LogP contribution < -0.4 is 5.32 Å². The highest BCUT2D eigenvalue weighted by molar-refractivity contribution is 6.04. The lowest BCUT2D eigenvalue weighted by Gasteiger charge is -2.53. The van der Waals surface area contributed by atoms with Gasteiger partial charge in [-0.3, -0.25) is 14.9 Å². The molecule has 9 heteroatoms. The van der Waals surface area contributed by atoms with Gasteiger partial charge < -0.3 is 30.3 Å². The fraction of sp³-hybridized carbons (Fsp3) is 0.818. The molecule has 0 aromatic heterocycles. The van der Waals surface area contributed by atoms with Crippen LogP contribution in [0.25, 0.3) is 0 Å². The second kappa shape index (κ2) is 11.5. The van der Waals surface area contributed by atoms with Gasteiger partial charge in [-0.25, -0.2) is 0 Å². The number of ether oxygens (including phenoxy) is 1. The van der Waals surface area contributed by atoms with E-state index in [-0.39, 0.29) is 0 Å². The lowest BCUT2D eigenvalue weighted by atomic mass is 9.70. The quantitative estimate of drug-likeness (QED) is 0.143. The van der Waals surface area contributed by atoms with Crippen LogP contribution in [-0.2, 0) is 14.3 Å². The van der Waals surface area contributed by atoms with Crippen LogP contribution in [0.15, 0.2) is 12.2 Å². The van der Waals surface area contributed by atoms with E-state index in [0.717, 1.165) is 25.3 Å². The highest BCUT2D eigenvalue weighted by Gasteiger charge is 2.68. The van der Waals surface area contributed by atoms with Gasteiger partial charge in [0.05, 0.1) is 12.5 Å². The summed E-state index contributed by atoms with van der Waals surface area (Å²) >= 11 is 0. The third-order valence-electron chi connectivity index (χ3n) is 6.31. The molecule has 0 aromatic rings. The lowest BCUT2D eigenvalue weighted by molar-refractivity contribution is -0.377. The molecule has 2 aliphatic rings. The Morgan fingerprint density at radius 1 is 1.06 bits per heavy atom. The van der Waals surface area contributed by atoms with E-state index in [0.29, 0.717) is 6.42 Å². The largest absolute Gasteiger partial charge is 0.394 e. The van der Waals surface area contributed by atoms with E-state index in [1.807, 2.05) is 5.32 Å². The first kappa shape index (κ1) is 25.9. The minimum absolute atomic E-state index is 0.472. The number of carbonyl (C=O) groups is 2. The third kappa shape index (κ3) is 5.71. The molecule has 0 aromatic carbocycles. The molecule has 6 atom stereocenters. The van der Waals surface area contributed by atoms with Crippen LogP contribution in [0.2, 0.25) is 0 Å². The van der Waals surface area contributed by atoms with Crippen molar-refractivity contribution in [3.8, 4) is 0 Å². The summed E-state index contributed by atoms with van der Waals surface area (Å²) in [4.78, 5) is 23.8. The van der Waals surface area contributed by atoms with Crippen LogP contribution in [-0.4, -0.2) is 73.7 Å². The number of amides is 2. The fourth-order valence-electron chi connectivity index (χ4n) is 4.39. The standard InChI is InChI=1S/C22H37NO8/c1-2-3-4-5-6-7-8-9-10-11-12-21(29)22(30,15-13-17(25)23-20(15)28)19(27)18(26)16(14-24)31-21/h11-12,15-16,18-19,24,26-27,29-30H,2-10,13-14H2,1H3,(H,23,25,28)/b12-11+/t15?,16-,18-,19+,21+,22-/m1/s1. The molecule has 2 aliphatic heterocycles. The molecule has 2 saturated heterocycles. The van der Waals surface area contributed by atoms with Gasteiger partial charge in [-0.1, -0.05) is 57.9 Å². The molecule has 0 saturated carbocycles. The summed E-state index contributed by atoms with van der Waals surface area (Å²) in [6.07, 6.45) is 6.68. The zero-order valence-electron chi connectivity index (χ0n) is 18.2. The van der Waals surface area contributed by atoms with Gasteiger partial charge in [0, 0.05) is 6.42 Å². The van der Waals surface area contributed by atoms with Gasteiger partial charge in [-0.2, -0.15) is 0 Å². The zero-order valence-corrected chi connectivity index (χ0v) is 18.2. The molecular formula is C22H37NO8. The van der Waals surface area contributed by atoms with Crippen molar-refractivity contribution in [2.24, 2.45) is 5.92 Å². The minimum atomic E-state index is -2.68. The average Bonchev–Trinajstić information content (AvgIpc) is 3.09. The van der Waals surface area contributed by atoms with Crippen molar-refractivity contribution >= 4 is 11.8 Å². The maximum atomic E-state index is 12.2. The first-order valence-corrected chi connectivity index (χ1v) is 11.3. The van der Waals surface area contributed by atoms with E-state index in [9.17, 15) is 35.1 Å². The fourth-order valence-corrected chi connectivity index (χ4v) is 4.39. The van der Waals surface area contributed by atoms with Gasteiger partial charge in [0.2, 0.25) is 17.6 Å². The van der Waals surface area contributed by atoms with Gasteiger partial charge in [0.25, 0.3) is 0 Å². The number of aliphatic hydroxyl groups excluding tert-OH is 3. The summed E-state index contributed by atoms with van der Waals surface area (Å²) in [5, 5.41) is 54.6. The minimum Gasteiger partial charge on any atom is -0.394 e. The number of allylic oxidation sites excluding steroid dienone is 1. The van der Waals surface area contributed by atoms with Gasteiger partial charge in [-0.15, -0.1) is 0 Å². The van der Waals surface area contributed by atoms with Crippen LogP contribution in [0.1, 0.15) is 71.1 Å². The number of carbonyl (C=O) groups excluding carboxylic acids is 2. The van der Waals surface area contributed by atoms with Crippen molar-refractivity contribution in [2.75, 3.05) is 6.61 Å². The van der Waals surface area contributed by atoms with Crippen molar-refractivity contribution in [3.63, 3.8) is 0 Å². The Morgan fingerprint density at radius 3 is 2.23 bits per heavy atom. The predicted octanol–water partition coefficient (Wildman–Crippen LogP) is 0.269. The third-order valence-corrected chi connectivity index (χ3v) is 6.31. The molecule has 1 unspecified atom stereocenters. The Morgan fingerprint density at radius 2 is 1.68 bits per heavy atom. The van der Waals surface area contributed by atoms with E-state index >= 15 is 0 Å². The molecule has 31 heavy (non-hydrogen) atoms. The van der Waals surface area contributed by atoms with Gasteiger partial charge in [0.1, 0.15) is 18.3 Å². The summed E-state index contributed by atoms with van der Waals surface area (Å²) in [6.45, 7) is 1.45. The van der Waals surface area contributed by atoms with E-state index in [2.05, 4.69) is 6.92 Å². The van der Waals surface area contributed by atoms with Crippen LogP contribution >= 0.6 is 0 Å². The van der Waals surface area contributed by atoms with Crippen LogP contribution in [0, 0.1) is 5.92 Å². The number of hydrogen-bond donors (Lipinski definition) is 6. The Balaban J connectivity index is 2.05. The molecule has 0 spiro atoms. The molecule has 6 N–H and O–H groups in total. The molecule has 2 amide bonds. The molecule has 2 rings (SSSR count). The first-order chi connectivity index (χ1) is 14.7. The smallest absolute Gasteiger partial charge is 0.233 e. The number of unbranched alkanes of at least 4 members (excludes halogenated alkanes) is 8. The van der Waals surface area contributed by atoms with E-state index in [1.165, 1.54) is 32.1 Å². The predicted molar refractivity (Wildman–Crippen MR) is 111 cm³/mol. The molecule has 0 aliphatic carbocycles. The Kier molecular flexibility index (Phi) is 9.60. The van der Waals surface area contributed by atoms with E-state index < -0.39 is 60.5 Å². The molecule has 0 bridgehead atoms. The zero-order chi connectivity index (χ0) is 23.1. The number of nitrogens with one attached hydrogen (secondary N) is 1. The topological polar surface area (TPSA) is 157 Å². The molecule has 2 heterocycles. The monoisotopic (exact) mass is 443 g/mol. The lowest BCUT2D eigenvalue weighted by Crippen LogP contribution is -2.75. The summed E-state index contributed by atoms with van der Waals surface area (Å²) in [7, 11) is 0. The maximum absolute atomic E-state index is 12.2. The van der Waals surface area contributed by atoms with Crippen LogP contribution in [0.3, 0.4) is 0 Å². The highest BCUT2D eigenvalue weighted by atomic mass is 16.7. The van der Waals surface area contributed by atoms with Crippen molar-refractivity contribution in [2.45, 2.75) is 101 Å². The Hall–Kier alpha value is -1.36. The van der Waals surface area contributed by atoms with Gasteiger partial charge in [0.15, 0.2) is 5.60 Å². The van der Waals surface area contributed by atoms with Crippen molar-refractivity contribution < 1.29 is 39.9 Å². The molecular weight excluding hydrogens is 406 g/mol. The summed E-state index contributed by atoms with van der Waals surface area (Å²) < 4.78 is 5.37. The summed E-state index contributed by atoms with van der Waals surface area (Å²) in [6, 6.07) is 0. The number of hydrogen-bond acceptors (Lipinski definition) is 8. The molecule has 0 radical (unpaired) electrons. The van der Waals surface area contributed by atoms with E-state index in [1.54, 1.807) is 6.08 Å². The van der Waals surface area contributed by atoms with Crippen LogP contribution in [0.5, 0.6) is 0 Å². The van der Waals surface area contributed by atoms with E-state index in [4.69, 9.17) is 4.74 Å². The highest BCUT2D eigenvalue weighted by Crippen LogP contribution is 2.45.